The van der Waals surface area contributed by atoms with Gasteiger partial charge in [0.2, 0.25) is 0 Å². The van der Waals surface area contributed by atoms with E-state index in [1.807, 2.05) is 0 Å². The minimum Gasteiger partial charge on any atom is -0.443 e. The van der Waals surface area contributed by atoms with Crippen LogP contribution in [0, 0.1) is 28.5 Å². The molecule has 1 aromatic heterocycles. The van der Waals surface area contributed by atoms with E-state index in [2.05, 4.69) is 21.2 Å². The third-order valence-corrected chi connectivity index (χ3v) is 10.6. The number of hydrogen-bond acceptors (Lipinski definition) is 7. The summed E-state index contributed by atoms with van der Waals surface area (Å²) in [5.74, 6) is -1.63. The van der Waals surface area contributed by atoms with Crippen molar-refractivity contribution in [3.8, 4) is 11.8 Å². The lowest BCUT2D eigenvalue weighted by Crippen LogP contribution is -2.49. The van der Waals surface area contributed by atoms with Crippen molar-refractivity contribution in [2.24, 2.45) is 5.92 Å². The average molecular weight is 794 g/mol. The van der Waals surface area contributed by atoms with E-state index < -0.39 is 62.3 Å². The molecule has 1 saturated carbocycles. The van der Waals surface area contributed by atoms with E-state index in [0.29, 0.717) is 52.5 Å². The molecular formula is C40H43F4N7O4S. The van der Waals surface area contributed by atoms with Crippen molar-refractivity contribution in [3.63, 3.8) is 0 Å². The number of ether oxygens (including phenoxy) is 1. The van der Waals surface area contributed by atoms with E-state index in [-0.39, 0.29) is 17.1 Å². The van der Waals surface area contributed by atoms with E-state index in [1.54, 1.807) is 65.8 Å². The largest absolute Gasteiger partial charge is 0.443 e. The number of carbonyl (C=O) groups excluding carboxylic acids is 2. The minimum absolute atomic E-state index is 0.0315. The quantitative estimate of drug-likeness (QED) is 0.0740. The molecule has 0 spiro atoms. The first-order valence-electron chi connectivity index (χ1n) is 17.8. The summed E-state index contributed by atoms with van der Waals surface area (Å²) in [7, 11) is -1.69. The zero-order valence-corrected chi connectivity index (χ0v) is 32.6. The number of nitrogens with one attached hydrogen (secondary N) is 3. The maximum atomic E-state index is 15.7. The van der Waals surface area contributed by atoms with Crippen molar-refractivity contribution in [1.29, 1.82) is 10.7 Å². The van der Waals surface area contributed by atoms with Crippen LogP contribution in [-0.2, 0) is 27.4 Å². The number of anilines is 2. The van der Waals surface area contributed by atoms with Gasteiger partial charge in [-0.1, -0.05) is 37.1 Å². The van der Waals surface area contributed by atoms with E-state index in [0.717, 1.165) is 23.8 Å². The number of alkyl halides is 3. The predicted molar refractivity (Wildman–Crippen MR) is 205 cm³/mol. The highest BCUT2D eigenvalue weighted by atomic mass is 32.2. The summed E-state index contributed by atoms with van der Waals surface area (Å²) in [4.78, 5) is 27.6. The molecule has 1 aliphatic rings. The van der Waals surface area contributed by atoms with Gasteiger partial charge in [0.15, 0.2) is 5.69 Å². The van der Waals surface area contributed by atoms with E-state index in [9.17, 15) is 32.2 Å². The summed E-state index contributed by atoms with van der Waals surface area (Å²) < 4.78 is 80.4. The van der Waals surface area contributed by atoms with E-state index in [1.165, 1.54) is 36.4 Å². The van der Waals surface area contributed by atoms with Crippen LogP contribution in [0.4, 0.5) is 33.7 Å². The van der Waals surface area contributed by atoms with Crippen molar-refractivity contribution in [2.75, 3.05) is 10.2 Å². The molecule has 0 radical (unpaired) electrons. The Kier molecular flexibility index (Phi) is 11.9. The Hall–Kier alpha value is -5.40. The number of aromatic nitrogens is 2. The highest BCUT2D eigenvalue weighted by Crippen LogP contribution is 2.43. The van der Waals surface area contributed by atoms with E-state index in [4.69, 9.17) is 10.1 Å². The Morgan fingerprint density at radius 2 is 1.70 bits per heavy atom. The SMILES string of the molecule is CC(C)(C)OC(=O)N(C=N)c1cccc(-n2nc(C(F)(F)F)cc2C(=O)Nc2cc(C(CCC3CC3)(N[S@](=O)C(C)(C)C)c3cccc(C#N)c3)ccc2F)c1. The van der Waals surface area contributed by atoms with Gasteiger partial charge in [-0.2, -0.15) is 23.5 Å². The first kappa shape index (κ1) is 41.8. The molecule has 0 aliphatic heterocycles. The monoisotopic (exact) mass is 793 g/mol. The van der Waals surface area contributed by atoms with Gasteiger partial charge in [0.25, 0.3) is 5.91 Å². The number of hydrogen-bond donors (Lipinski definition) is 3. The van der Waals surface area contributed by atoms with Gasteiger partial charge in [-0.25, -0.2) is 27.7 Å². The highest BCUT2D eigenvalue weighted by Gasteiger charge is 2.41. The molecule has 5 rings (SSSR count). The summed E-state index contributed by atoms with van der Waals surface area (Å²) in [6.07, 6.45) is -2.12. The Balaban J connectivity index is 1.60. The molecule has 0 saturated heterocycles. The summed E-state index contributed by atoms with van der Waals surface area (Å²) in [6, 6.07) is 18.7. The molecule has 1 heterocycles. The van der Waals surface area contributed by atoms with Gasteiger partial charge in [0, 0.05) is 6.07 Å². The first-order valence-corrected chi connectivity index (χ1v) is 18.9. The van der Waals surface area contributed by atoms with Crippen molar-refractivity contribution in [2.45, 2.75) is 89.3 Å². The molecule has 11 nitrogen and oxygen atoms in total. The molecule has 3 aromatic carbocycles. The smallest absolute Gasteiger partial charge is 0.435 e. The fourth-order valence-corrected chi connectivity index (χ4v) is 6.85. The van der Waals surface area contributed by atoms with Crippen LogP contribution in [0.5, 0.6) is 0 Å². The Labute approximate surface area is 325 Å². The van der Waals surface area contributed by atoms with Crippen molar-refractivity contribution in [3.05, 3.63) is 107 Å². The van der Waals surface area contributed by atoms with Crippen molar-refractivity contribution in [1.82, 2.24) is 14.5 Å². The minimum atomic E-state index is -4.98. The average Bonchev–Trinajstić information content (AvgIpc) is 3.83. The molecule has 4 aromatic rings. The summed E-state index contributed by atoms with van der Waals surface area (Å²) in [6.45, 7) is 10.2. The topological polar surface area (TPSA) is 153 Å². The highest BCUT2D eigenvalue weighted by molar-refractivity contribution is 7.84. The lowest BCUT2D eigenvalue weighted by atomic mass is 9.79. The van der Waals surface area contributed by atoms with Gasteiger partial charge in [0.05, 0.1) is 56.3 Å². The molecule has 1 unspecified atom stereocenters. The Bertz CT molecular complexity index is 2200. The standard InChI is InChI=1S/C40H43F4N7O4S/c1-37(2,3)55-36(53)50(24-46)29-11-8-12-30(21-29)51-33(22-34(48-51)40(42,43)44)35(52)47-32-20-28(15-16-31(32)41)39(18-17-25-13-14-25,49-56(54)38(4,5)6)27-10-7-9-26(19-27)23-45/h7-12,15-16,19-22,24-25,46,49H,13-14,17-18H2,1-6H3,(H,47,52)/t39?,56-/m1/s1. The molecular weight excluding hydrogens is 751 g/mol. The lowest BCUT2D eigenvalue weighted by Gasteiger charge is -2.38. The predicted octanol–water partition coefficient (Wildman–Crippen LogP) is 8.99. The van der Waals surface area contributed by atoms with Crippen LogP contribution in [0.2, 0.25) is 0 Å². The molecule has 16 heteroatoms. The fraction of sp³-hybridized carbons (Fsp3) is 0.375. The molecule has 3 N–H and O–H groups in total. The van der Waals surface area contributed by atoms with Crippen LogP contribution in [0.15, 0.2) is 72.8 Å². The lowest BCUT2D eigenvalue weighted by molar-refractivity contribution is -0.141. The molecule has 0 bridgehead atoms. The molecule has 1 aliphatic carbocycles. The summed E-state index contributed by atoms with van der Waals surface area (Å²) in [5, 5.41) is 23.6. The van der Waals surface area contributed by atoms with Crippen molar-refractivity contribution < 1.29 is 36.1 Å². The maximum absolute atomic E-state index is 15.7. The second kappa shape index (κ2) is 16.0. The fourth-order valence-electron chi connectivity index (χ4n) is 5.89. The van der Waals surface area contributed by atoms with Gasteiger partial charge in [-0.05, 0) is 114 Å². The Morgan fingerprint density at radius 1 is 1.02 bits per heavy atom. The van der Waals surface area contributed by atoms with Crippen LogP contribution in [-0.4, -0.2) is 42.7 Å². The van der Waals surface area contributed by atoms with Gasteiger partial charge >= 0.3 is 12.3 Å². The van der Waals surface area contributed by atoms with E-state index >= 15 is 4.39 Å². The number of carbonyl (C=O) groups is 2. The van der Waals surface area contributed by atoms with Gasteiger partial charge < -0.3 is 10.1 Å². The van der Waals surface area contributed by atoms with Gasteiger partial charge in [-0.15, -0.1) is 0 Å². The summed E-state index contributed by atoms with van der Waals surface area (Å²) in [5.41, 5.74) is -3.32. The Morgan fingerprint density at radius 3 is 2.30 bits per heavy atom. The molecule has 56 heavy (non-hydrogen) atoms. The van der Waals surface area contributed by atoms with Gasteiger partial charge in [-0.3, -0.25) is 10.2 Å². The number of rotatable bonds is 12. The third kappa shape index (κ3) is 9.69. The zero-order valence-electron chi connectivity index (χ0n) is 31.8. The van der Waals surface area contributed by atoms with Crippen molar-refractivity contribution >= 4 is 40.7 Å². The normalized spacial score (nSPS) is 14.9. The third-order valence-electron chi connectivity index (χ3n) is 8.94. The van der Waals surface area contributed by atoms with Crippen LogP contribution >= 0.6 is 0 Å². The molecule has 296 valence electrons. The number of benzene rings is 3. The van der Waals surface area contributed by atoms with Gasteiger partial charge in [0.1, 0.15) is 17.1 Å². The van der Waals surface area contributed by atoms with Crippen LogP contribution in [0.3, 0.4) is 0 Å². The molecule has 2 amide bonds. The maximum Gasteiger partial charge on any atom is 0.435 e. The zero-order chi connectivity index (χ0) is 41.2. The number of nitriles is 1. The van der Waals surface area contributed by atoms with Crippen LogP contribution in [0.1, 0.15) is 100 Å². The number of halogens is 4. The molecule has 2 atom stereocenters. The second-order valence-electron chi connectivity index (χ2n) is 15.5. The van der Waals surface area contributed by atoms with Crippen LogP contribution < -0.4 is 14.9 Å². The second-order valence-corrected chi connectivity index (χ2v) is 17.5. The number of amides is 2. The number of nitrogens with zero attached hydrogens (tertiary/aromatic N) is 4. The molecule has 1 fully saturated rings. The van der Waals surface area contributed by atoms with Crippen LogP contribution in [0.25, 0.3) is 5.69 Å². The first-order chi connectivity index (χ1) is 26.1. The summed E-state index contributed by atoms with van der Waals surface area (Å²) >= 11 is 0.